The second-order valence-electron chi connectivity index (χ2n) is 3.57. The molecule has 0 heterocycles. The molecule has 1 saturated carbocycles. The molecule has 11 heavy (non-hydrogen) atoms. The second-order valence-corrected chi connectivity index (χ2v) is 3.57. The van der Waals surface area contributed by atoms with E-state index in [1.807, 2.05) is 6.08 Å². The van der Waals surface area contributed by atoms with Gasteiger partial charge in [-0.1, -0.05) is 12.5 Å². The molecule has 0 saturated heterocycles. The minimum Gasteiger partial charge on any atom is -0.327 e. The van der Waals surface area contributed by atoms with Gasteiger partial charge in [0.2, 0.25) is 0 Å². The highest BCUT2D eigenvalue weighted by Gasteiger charge is 2.23. The summed E-state index contributed by atoms with van der Waals surface area (Å²) >= 11 is 0. The molecule has 1 rings (SSSR count). The molecule has 0 radical (unpaired) electrons. The van der Waals surface area contributed by atoms with Gasteiger partial charge in [-0.05, 0) is 38.0 Å². The summed E-state index contributed by atoms with van der Waals surface area (Å²) in [6, 6.07) is 0.476. The first-order valence-corrected chi connectivity index (χ1v) is 4.71. The van der Waals surface area contributed by atoms with Crippen molar-refractivity contribution in [1.82, 2.24) is 0 Å². The molecule has 0 aromatic carbocycles. The predicted octanol–water partition coefficient (Wildman–Crippen LogP) is 2.47. The van der Waals surface area contributed by atoms with Crippen LogP contribution in [0, 0.1) is 5.92 Å². The number of hydrogen-bond acceptors (Lipinski definition) is 1. The molecular weight excluding hydrogens is 134 g/mol. The van der Waals surface area contributed by atoms with Gasteiger partial charge >= 0.3 is 0 Å². The average molecular weight is 153 g/mol. The molecule has 0 bridgehead atoms. The monoisotopic (exact) mass is 153 g/mol. The molecule has 1 nitrogen and oxygen atoms in total. The Balaban J connectivity index is 2.00. The molecule has 1 heteroatoms. The van der Waals surface area contributed by atoms with Crippen molar-refractivity contribution in [2.45, 2.75) is 44.6 Å². The Labute approximate surface area is 69.7 Å². The molecule has 1 aliphatic carbocycles. The number of allylic oxidation sites excluding steroid dienone is 1. The smallest absolute Gasteiger partial charge is 0.00672 e. The van der Waals surface area contributed by atoms with Crippen LogP contribution >= 0.6 is 0 Å². The Morgan fingerprint density at radius 3 is 2.73 bits per heavy atom. The summed E-state index contributed by atoms with van der Waals surface area (Å²) in [4.78, 5) is 0. The lowest BCUT2D eigenvalue weighted by Gasteiger charge is -2.31. The van der Waals surface area contributed by atoms with E-state index in [1.54, 1.807) is 0 Å². The first-order chi connectivity index (χ1) is 5.34. The third-order valence-electron chi connectivity index (χ3n) is 2.70. The van der Waals surface area contributed by atoms with Crippen LogP contribution in [0.2, 0.25) is 0 Å². The Kier molecular flexibility index (Phi) is 3.64. The Morgan fingerprint density at radius 2 is 2.27 bits per heavy atom. The third-order valence-corrected chi connectivity index (χ3v) is 2.70. The van der Waals surface area contributed by atoms with Crippen molar-refractivity contribution in [1.29, 1.82) is 0 Å². The number of hydrogen-bond donors (Lipinski definition) is 1. The summed E-state index contributed by atoms with van der Waals surface area (Å²) < 4.78 is 0. The molecule has 0 amide bonds. The van der Waals surface area contributed by atoms with Gasteiger partial charge in [0.25, 0.3) is 0 Å². The van der Waals surface area contributed by atoms with Gasteiger partial charge in [0.15, 0.2) is 0 Å². The predicted molar refractivity (Wildman–Crippen MR) is 49.4 cm³/mol. The molecule has 1 aliphatic rings. The van der Waals surface area contributed by atoms with Gasteiger partial charge in [-0.3, -0.25) is 0 Å². The Hall–Kier alpha value is -0.300. The molecular formula is C10H19N. The van der Waals surface area contributed by atoms with Crippen molar-refractivity contribution in [3.63, 3.8) is 0 Å². The maximum absolute atomic E-state index is 5.99. The lowest BCUT2D eigenvalue weighted by atomic mass is 9.78. The van der Waals surface area contributed by atoms with Crippen LogP contribution in [-0.4, -0.2) is 6.04 Å². The summed E-state index contributed by atoms with van der Waals surface area (Å²) in [5.74, 6) is 0.847. The topological polar surface area (TPSA) is 26.0 Å². The van der Waals surface area contributed by atoms with E-state index in [4.69, 9.17) is 5.73 Å². The minimum absolute atomic E-state index is 0.476. The molecule has 0 aromatic rings. The highest BCUT2D eigenvalue weighted by atomic mass is 14.7. The Morgan fingerprint density at radius 1 is 1.55 bits per heavy atom. The third kappa shape index (κ3) is 2.66. The summed E-state index contributed by atoms with van der Waals surface area (Å²) in [6.07, 6.45) is 9.66. The van der Waals surface area contributed by atoms with Gasteiger partial charge in [0, 0.05) is 6.04 Å². The van der Waals surface area contributed by atoms with Crippen LogP contribution in [0.5, 0.6) is 0 Å². The van der Waals surface area contributed by atoms with Crippen LogP contribution in [0.15, 0.2) is 12.7 Å². The van der Waals surface area contributed by atoms with Crippen LogP contribution in [0.25, 0.3) is 0 Å². The van der Waals surface area contributed by atoms with E-state index < -0.39 is 0 Å². The molecule has 64 valence electrons. The zero-order valence-corrected chi connectivity index (χ0v) is 7.26. The van der Waals surface area contributed by atoms with Crippen LogP contribution in [0.3, 0.4) is 0 Å². The molecule has 2 N–H and O–H groups in total. The fourth-order valence-corrected chi connectivity index (χ4v) is 1.60. The fourth-order valence-electron chi connectivity index (χ4n) is 1.60. The van der Waals surface area contributed by atoms with Crippen LogP contribution in [-0.2, 0) is 0 Å². The average Bonchev–Trinajstić information content (AvgIpc) is 1.84. The molecule has 1 fully saturated rings. The van der Waals surface area contributed by atoms with E-state index in [1.165, 1.54) is 32.1 Å². The summed E-state index contributed by atoms with van der Waals surface area (Å²) in [7, 11) is 0. The highest BCUT2D eigenvalue weighted by molar-refractivity contribution is 4.80. The summed E-state index contributed by atoms with van der Waals surface area (Å²) in [6.45, 7) is 3.70. The van der Waals surface area contributed by atoms with Crippen molar-refractivity contribution in [3.05, 3.63) is 12.7 Å². The van der Waals surface area contributed by atoms with Gasteiger partial charge in [0.05, 0.1) is 0 Å². The maximum atomic E-state index is 5.99. The van der Waals surface area contributed by atoms with E-state index in [0.29, 0.717) is 6.04 Å². The van der Waals surface area contributed by atoms with Crippen molar-refractivity contribution in [3.8, 4) is 0 Å². The van der Waals surface area contributed by atoms with Crippen molar-refractivity contribution in [2.24, 2.45) is 11.7 Å². The zero-order valence-electron chi connectivity index (χ0n) is 7.26. The normalized spacial score (nSPS) is 20.8. The minimum atomic E-state index is 0.476. The summed E-state index contributed by atoms with van der Waals surface area (Å²) in [5, 5.41) is 0. The molecule has 0 aliphatic heterocycles. The van der Waals surface area contributed by atoms with Crippen molar-refractivity contribution >= 4 is 0 Å². The maximum Gasteiger partial charge on any atom is 0.00672 e. The number of unbranched alkanes of at least 4 members (excludes halogenated alkanes) is 1. The first-order valence-electron chi connectivity index (χ1n) is 4.71. The summed E-state index contributed by atoms with van der Waals surface area (Å²) in [5.41, 5.74) is 5.99. The SMILES string of the molecule is C=CCCCC(N)C1CCC1. The fraction of sp³-hybridized carbons (Fsp3) is 0.800. The van der Waals surface area contributed by atoms with Gasteiger partial charge < -0.3 is 5.73 Å². The standard InChI is InChI=1S/C10H19N/c1-2-3-4-8-10(11)9-6-5-7-9/h2,9-10H,1,3-8,11H2. The van der Waals surface area contributed by atoms with Gasteiger partial charge in [-0.15, -0.1) is 6.58 Å². The van der Waals surface area contributed by atoms with Gasteiger partial charge in [0.1, 0.15) is 0 Å². The van der Waals surface area contributed by atoms with E-state index in [0.717, 1.165) is 12.3 Å². The van der Waals surface area contributed by atoms with Crippen LogP contribution < -0.4 is 5.73 Å². The van der Waals surface area contributed by atoms with E-state index in [9.17, 15) is 0 Å². The number of rotatable bonds is 5. The Bertz CT molecular complexity index is 116. The van der Waals surface area contributed by atoms with E-state index >= 15 is 0 Å². The number of nitrogens with two attached hydrogens (primary N) is 1. The molecule has 1 unspecified atom stereocenters. The van der Waals surface area contributed by atoms with Crippen LogP contribution in [0.4, 0.5) is 0 Å². The van der Waals surface area contributed by atoms with E-state index in [2.05, 4.69) is 6.58 Å². The largest absolute Gasteiger partial charge is 0.327 e. The lowest BCUT2D eigenvalue weighted by molar-refractivity contribution is 0.251. The van der Waals surface area contributed by atoms with Crippen molar-refractivity contribution < 1.29 is 0 Å². The van der Waals surface area contributed by atoms with Gasteiger partial charge in [-0.25, -0.2) is 0 Å². The first kappa shape index (κ1) is 8.79. The zero-order chi connectivity index (χ0) is 8.10. The van der Waals surface area contributed by atoms with Crippen molar-refractivity contribution in [2.75, 3.05) is 0 Å². The quantitative estimate of drug-likeness (QED) is 0.476. The van der Waals surface area contributed by atoms with Crippen LogP contribution in [0.1, 0.15) is 38.5 Å². The highest BCUT2D eigenvalue weighted by Crippen LogP contribution is 2.30. The second kappa shape index (κ2) is 4.55. The lowest BCUT2D eigenvalue weighted by Crippen LogP contribution is -2.34. The molecule has 0 spiro atoms. The molecule has 0 aromatic heterocycles. The molecule has 1 atom stereocenters. The van der Waals surface area contributed by atoms with E-state index in [-0.39, 0.29) is 0 Å². The van der Waals surface area contributed by atoms with Gasteiger partial charge in [-0.2, -0.15) is 0 Å².